The van der Waals surface area contributed by atoms with E-state index in [0.717, 1.165) is 21.0 Å². The molecule has 1 aromatic carbocycles. The molecule has 23 heavy (non-hydrogen) atoms. The van der Waals surface area contributed by atoms with Gasteiger partial charge in [-0.25, -0.2) is 0 Å². The standard InChI is InChI=1S/C16H21N3O2S2/c1-19(7-8-20)11-12-10-13(5-6-15(12)23(2)21)18-16(17)14-4-3-9-22-14/h3-6,9-10,20H,7-8,11H2,1-2H3,(H2,17,18). The van der Waals surface area contributed by atoms with Crippen molar-refractivity contribution in [3.05, 3.63) is 46.2 Å². The highest BCUT2D eigenvalue weighted by Crippen LogP contribution is 2.22. The molecule has 0 aliphatic carbocycles. The van der Waals surface area contributed by atoms with E-state index in [9.17, 15) is 4.55 Å². The molecule has 1 aromatic heterocycles. The van der Waals surface area contributed by atoms with Gasteiger partial charge in [-0.15, -0.1) is 11.3 Å². The smallest absolute Gasteiger partial charge is 0.157 e. The molecule has 1 atom stereocenters. The van der Waals surface area contributed by atoms with Crippen LogP contribution in [0.25, 0.3) is 0 Å². The van der Waals surface area contributed by atoms with E-state index in [4.69, 9.17) is 10.5 Å². The molecule has 0 saturated heterocycles. The summed E-state index contributed by atoms with van der Waals surface area (Å²) in [6.45, 7) is 1.23. The van der Waals surface area contributed by atoms with Gasteiger partial charge in [0.05, 0.1) is 11.5 Å². The van der Waals surface area contributed by atoms with E-state index in [2.05, 4.69) is 5.32 Å². The zero-order chi connectivity index (χ0) is 16.8. The first-order valence-electron chi connectivity index (χ1n) is 7.16. The van der Waals surface area contributed by atoms with E-state index in [0.29, 0.717) is 18.9 Å². The van der Waals surface area contributed by atoms with Gasteiger partial charge in [0.25, 0.3) is 0 Å². The predicted molar refractivity (Wildman–Crippen MR) is 97.0 cm³/mol. The average molecular weight is 351 g/mol. The number of anilines is 1. The van der Waals surface area contributed by atoms with Gasteiger partial charge in [-0.2, -0.15) is 0 Å². The Labute approximate surface area is 143 Å². The van der Waals surface area contributed by atoms with Crippen LogP contribution >= 0.6 is 11.3 Å². The van der Waals surface area contributed by atoms with Crippen molar-refractivity contribution in [2.45, 2.75) is 11.4 Å². The van der Waals surface area contributed by atoms with Crippen LogP contribution in [-0.4, -0.2) is 46.8 Å². The third-order valence-electron chi connectivity index (χ3n) is 3.33. The lowest BCUT2D eigenvalue weighted by molar-refractivity contribution is 0.216. The van der Waals surface area contributed by atoms with Crippen LogP contribution in [0, 0.1) is 5.41 Å². The molecule has 0 bridgehead atoms. The van der Waals surface area contributed by atoms with Crippen LogP contribution in [0.3, 0.4) is 0 Å². The third kappa shape index (κ3) is 5.05. The lowest BCUT2D eigenvalue weighted by Crippen LogP contribution is -2.23. The van der Waals surface area contributed by atoms with Crippen molar-refractivity contribution in [2.75, 3.05) is 31.8 Å². The molecule has 2 rings (SSSR count). The molecule has 0 amide bonds. The lowest BCUT2D eigenvalue weighted by Gasteiger charge is -2.19. The maximum atomic E-state index is 11.9. The molecular formula is C16H21N3O2S2. The van der Waals surface area contributed by atoms with Crippen molar-refractivity contribution in [1.29, 1.82) is 5.41 Å². The van der Waals surface area contributed by atoms with Crippen molar-refractivity contribution < 1.29 is 9.66 Å². The first-order valence-corrected chi connectivity index (χ1v) is 9.60. The number of thiophene rings is 1. The Hall–Kier alpha value is -1.38. The predicted octanol–water partition coefficient (Wildman–Crippen LogP) is 2.35. The fourth-order valence-electron chi connectivity index (χ4n) is 2.23. The molecule has 2 aromatic rings. The number of nitrogens with zero attached hydrogens (tertiary/aromatic N) is 1. The molecular weight excluding hydrogens is 330 g/mol. The van der Waals surface area contributed by atoms with E-state index in [1.54, 1.807) is 6.26 Å². The van der Waals surface area contributed by atoms with Gasteiger partial charge in [0.1, 0.15) is 12.1 Å². The van der Waals surface area contributed by atoms with Gasteiger partial charge in [-0.3, -0.25) is 10.3 Å². The van der Waals surface area contributed by atoms with Gasteiger partial charge >= 0.3 is 0 Å². The number of aliphatic hydroxyl groups excluding tert-OH is 1. The quantitative estimate of drug-likeness (QED) is 0.406. The molecule has 0 radical (unpaired) electrons. The van der Waals surface area contributed by atoms with Crippen LogP contribution in [0.2, 0.25) is 0 Å². The third-order valence-corrected chi connectivity index (χ3v) is 5.23. The van der Waals surface area contributed by atoms with E-state index in [1.165, 1.54) is 11.3 Å². The van der Waals surface area contributed by atoms with Gasteiger partial charge < -0.3 is 15.0 Å². The number of nitrogens with one attached hydrogen (secondary N) is 2. The zero-order valence-electron chi connectivity index (χ0n) is 13.2. The molecule has 3 N–H and O–H groups in total. The molecule has 0 fully saturated rings. The minimum Gasteiger partial charge on any atom is -0.612 e. The summed E-state index contributed by atoms with van der Waals surface area (Å²) in [5.74, 6) is 0.347. The average Bonchev–Trinajstić information content (AvgIpc) is 3.01. The normalized spacial score (nSPS) is 12.4. The second kappa shape index (κ2) is 8.47. The van der Waals surface area contributed by atoms with Crippen LogP contribution < -0.4 is 5.32 Å². The number of benzene rings is 1. The summed E-state index contributed by atoms with van der Waals surface area (Å²) in [4.78, 5) is 3.62. The van der Waals surface area contributed by atoms with Gasteiger partial charge in [-0.05, 0) is 47.9 Å². The number of aliphatic hydroxyl groups is 1. The van der Waals surface area contributed by atoms with Crippen LogP contribution in [0.4, 0.5) is 5.69 Å². The van der Waals surface area contributed by atoms with Crippen LogP contribution in [0.1, 0.15) is 10.4 Å². The molecule has 0 spiro atoms. The van der Waals surface area contributed by atoms with Crippen molar-refractivity contribution in [3.8, 4) is 0 Å². The summed E-state index contributed by atoms with van der Waals surface area (Å²) < 4.78 is 11.9. The monoisotopic (exact) mass is 351 g/mol. The van der Waals surface area contributed by atoms with Crippen molar-refractivity contribution in [3.63, 3.8) is 0 Å². The Morgan fingerprint density at radius 1 is 1.43 bits per heavy atom. The molecule has 0 aliphatic heterocycles. The Morgan fingerprint density at radius 3 is 2.83 bits per heavy atom. The van der Waals surface area contributed by atoms with Crippen molar-refractivity contribution in [1.82, 2.24) is 4.90 Å². The van der Waals surface area contributed by atoms with Crippen LogP contribution in [-0.2, 0) is 17.7 Å². The second-order valence-corrected chi connectivity index (χ2v) is 7.51. The number of rotatable bonds is 7. The number of hydrogen-bond acceptors (Lipinski definition) is 5. The number of likely N-dealkylation sites (N-methyl/N-ethyl adjacent to an activating group) is 1. The molecule has 7 heteroatoms. The zero-order valence-corrected chi connectivity index (χ0v) is 14.8. The maximum absolute atomic E-state index is 11.9. The Kier molecular flexibility index (Phi) is 6.61. The topological polar surface area (TPSA) is 82.4 Å². The first-order chi connectivity index (χ1) is 11.0. The highest BCUT2D eigenvalue weighted by atomic mass is 32.2. The number of hydrogen-bond donors (Lipinski definition) is 3. The molecule has 0 saturated carbocycles. The summed E-state index contributed by atoms with van der Waals surface area (Å²) in [7, 11) is 1.91. The van der Waals surface area contributed by atoms with Crippen LogP contribution in [0.15, 0.2) is 40.6 Å². The Balaban J connectivity index is 2.19. The SMILES string of the molecule is CN(CCO)Cc1cc(NC(=N)c2cccs2)ccc1[S+](C)[O-]. The largest absolute Gasteiger partial charge is 0.612 e. The fourth-order valence-corrected chi connectivity index (χ4v) is 3.61. The van der Waals surface area contributed by atoms with Gasteiger partial charge in [0.15, 0.2) is 4.90 Å². The molecule has 124 valence electrons. The lowest BCUT2D eigenvalue weighted by atomic mass is 10.2. The van der Waals surface area contributed by atoms with Gasteiger partial charge in [0.2, 0.25) is 0 Å². The van der Waals surface area contributed by atoms with E-state index in [-0.39, 0.29) is 6.61 Å². The Morgan fingerprint density at radius 2 is 2.22 bits per heavy atom. The first kappa shape index (κ1) is 18.0. The minimum absolute atomic E-state index is 0.0853. The number of amidine groups is 1. The summed E-state index contributed by atoms with van der Waals surface area (Å²) in [5.41, 5.74) is 1.73. The van der Waals surface area contributed by atoms with Gasteiger partial charge in [0, 0.05) is 24.3 Å². The van der Waals surface area contributed by atoms with Crippen LogP contribution in [0.5, 0.6) is 0 Å². The van der Waals surface area contributed by atoms with E-state index >= 15 is 0 Å². The van der Waals surface area contributed by atoms with Gasteiger partial charge in [-0.1, -0.05) is 6.07 Å². The summed E-state index contributed by atoms with van der Waals surface area (Å²) >= 11 is 0.428. The van der Waals surface area contributed by atoms with Crippen molar-refractivity contribution in [2.24, 2.45) is 0 Å². The maximum Gasteiger partial charge on any atom is 0.157 e. The van der Waals surface area contributed by atoms with E-state index in [1.807, 2.05) is 47.7 Å². The minimum atomic E-state index is -1.08. The van der Waals surface area contributed by atoms with Crippen molar-refractivity contribution >= 4 is 34.0 Å². The highest BCUT2D eigenvalue weighted by Gasteiger charge is 2.15. The molecule has 0 aliphatic rings. The molecule has 1 heterocycles. The summed E-state index contributed by atoms with van der Waals surface area (Å²) in [6, 6.07) is 9.41. The second-order valence-electron chi connectivity index (χ2n) is 5.22. The highest BCUT2D eigenvalue weighted by molar-refractivity contribution is 7.90. The van der Waals surface area contributed by atoms with E-state index < -0.39 is 11.2 Å². The Bertz CT molecular complexity index is 645. The molecule has 1 unspecified atom stereocenters. The summed E-state index contributed by atoms with van der Waals surface area (Å²) in [5, 5.41) is 22.1. The fraction of sp³-hybridized carbons (Fsp3) is 0.312. The molecule has 5 nitrogen and oxygen atoms in total. The summed E-state index contributed by atoms with van der Waals surface area (Å²) in [6.07, 6.45) is 1.66.